The fourth-order valence-electron chi connectivity index (χ4n) is 3.11. The van der Waals surface area contributed by atoms with Crippen LogP contribution >= 0.6 is 11.3 Å². The van der Waals surface area contributed by atoms with Crippen molar-refractivity contribution in [1.29, 1.82) is 0 Å². The molecule has 0 aliphatic carbocycles. The Morgan fingerprint density at radius 2 is 1.79 bits per heavy atom. The summed E-state index contributed by atoms with van der Waals surface area (Å²) in [5.74, 6) is 0.732. The van der Waals surface area contributed by atoms with E-state index in [-0.39, 0.29) is 5.91 Å². The largest absolute Gasteiger partial charge is 0.486 e. The average molecular weight is 403 g/mol. The molecular formula is C20H21NO6S. The molecule has 0 saturated carbocycles. The van der Waals surface area contributed by atoms with Gasteiger partial charge in [-0.25, -0.2) is 4.79 Å². The van der Waals surface area contributed by atoms with Crippen LogP contribution in [0.15, 0.2) is 30.3 Å². The highest BCUT2D eigenvalue weighted by atomic mass is 32.1. The molecule has 0 N–H and O–H groups in total. The van der Waals surface area contributed by atoms with Gasteiger partial charge in [-0.1, -0.05) is 0 Å². The normalized spacial score (nSPS) is 17.1. The zero-order valence-corrected chi connectivity index (χ0v) is 16.3. The van der Waals surface area contributed by atoms with Gasteiger partial charge in [0.25, 0.3) is 5.91 Å². The van der Waals surface area contributed by atoms with Crippen LogP contribution in [0.2, 0.25) is 0 Å². The predicted molar refractivity (Wildman–Crippen MR) is 103 cm³/mol. The van der Waals surface area contributed by atoms with Crippen molar-refractivity contribution in [2.45, 2.75) is 13.0 Å². The summed E-state index contributed by atoms with van der Waals surface area (Å²) in [4.78, 5) is 27.9. The van der Waals surface area contributed by atoms with Gasteiger partial charge in [0.2, 0.25) is 0 Å². The lowest BCUT2D eigenvalue weighted by atomic mass is 10.1. The lowest BCUT2D eigenvalue weighted by Gasteiger charge is -2.28. The summed E-state index contributed by atoms with van der Waals surface area (Å²) in [5, 5.41) is 0. The number of ether oxygens (including phenoxy) is 4. The van der Waals surface area contributed by atoms with E-state index in [0.717, 1.165) is 16.2 Å². The fraction of sp³-hybridized carbons (Fsp3) is 0.400. The van der Waals surface area contributed by atoms with Crippen LogP contribution in [0.5, 0.6) is 11.5 Å². The van der Waals surface area contributed by atoms with Gasteiger partial charge in [-0.05, 0) is 42.8 Å². The van der Waals surface area contributed by atoms with Crippen molar-refractivity contribution < 1.29 is 28.5 Å². The van der Waals surface area contributed by atoms with Crippen LogP contribution in [0.4, 0.5) is 0 Å². The maximum atomic E-state index is 12.5. The van der Waals surface area contributed by atoms with Crippen molar-refractivity contribution in [3.63, 3.8) is 0 Å². The van der Waals surface area contributed by atoms with Crippen LogP contribution in [0, 0.1) is 0 Å². The number of fused-ring (bicyclic) bond motifs is 1. The van der Waals surface area contributed by atoms with Gasteiger partial charge in [0.1, 0.15) is 18.1 Å². The lowest BCUT2D eigenvalue weighted by Crippen LogP contribution is -2.46. The molecule has 0 bridgehead atoms. The van der Waals surface area contributed by atoms with E-state index in [1.807, 2.05) is 24.3 Å². The Balaban J connectivity index is 1.42. The van der Waals surface area contributed by atoms with Crippen molar-refractivity contribution in [1.82, 2.24) is 4.90 Å². The topological polar surface area (TPSA) is 74.3 Å². The Labute approximate surface area is 166 Å². The number of benzene rings is 1. The van der Waals surface area contributed by atoms with Gasteiger partial charge >= 0.3 is 5.97 Å². The van der Waals surface area contributed by atoms with E-state index in [1.54, 1.807) is 17.9 Å². The first kappa shape index (κ1) is 18.8. The van der Waals surface area contributed by atoms with Crippen molar-refractivity contribution in [3.8, 4) is 21.9 Å². The molecule has 1 aromatic carbocycles. The van der Waals surface area contributed by atoms with Crippen molar-refractivity contribution in [2.75, 3.05) is 39.5 Å². The predicted octanol–water partition coefficient (Wildman–Crippen LogP) is 2.59. The number of morpholine rings is 1. The highest BCUT2D eigenvalue weighted by Crippen LogP contribution is 2.37. The smallest absolute Gasteiger partial charge is 0.349 e. The number of esters is 1. The second-order valence-corrected chi connectivity index (χ2v) is 7.59. The molecule has 0 radical (unpaired) electrons. The van der Waals surface area contributed by atoms with E-state index >= 15 is 0 Å². The van der Waals surface area contributed by atoms with Crippen LogP contribution in [0.1, 0.15) is 16.6 Å². The van der Waals surface area contributed by atoms with Crippen molar-refractivity contribution in [3.05, 3.63) is 35.2 Å². The summed E-state index contributed by atoms with van der Waals surface area (Å²) in [7, 11) is 0. The Bertz CT molecular complexity index is 873. The molecule has 2 aromatic rings. The molecule has 8 heteroatoms. The minimum atomic E-state index is -0.828. The van der Waals surface area contributed by atoms with E-state index in [0.29, 0.717) is 50.1 Å². The molecule has 4 rings (SSSR count). The highest BCUT2D eigenvalue weighted by Gasteiger charge is 2.26. The maximum absolute atomic E-state index is 12.5. The fourth-order valence-corrected chi connectivity index (χ4v) is 3.99. The Morgan fingerprint density at radius 3 is 2.57 bits per heavy atom. The van der Waals surface area contributed by atoms with Crippen LogP contribution in [-0.4, -0.2) is 62.4 Å². The second kappa shape index (κ2) is 8.20. The molecule has 0 spiro atoms. The molecule has 1 amide bonds. The van der Waals surface area contributed by atoms with E-state index in [1.165, 1.54) is 11.3 Å². The number of carbonyl (C=O) groups is 2. The third kappa shape index (κ3) is 3.98. The minimum Gasteiger partial charge on any atom is -0.486 e. The SMILES string of the molecule is CC(OC(=O)c1ccc(-c2ccc3c(c2)OCCO3)s1)C(=O)N1CCOCC1. The van der Waals surface area contributed by atoms with Crippen LogP contribution in [0.3, 0.4) is 0 Å². The van der Waals surface area contributed by atoms with Gasteiger partial charge in [0.05, 0.1) is 13.2 Å². The molecule has 1 fully saturated rings. The number of amides is 1. The van der Waals surface area contributed by atoms with Gasteiger partial charge in [-0.2, -0.15) is 0 Å². The molecule has 1 atom stereocenters. The number of hydrogen-bond donors (Lipinski definition) is 0. The first-order valence-corrected chi connectivity index (χ1v) is 10.0. The molecule has 1 aromatic heterocycles. The Kier molecular flexibility index (Phi) is 5.50. The molecular weight excluding hydrogens is 382 g/mol. The summed E-state index contributed by atoms with van der Waals surface area (Å²) in [6.07, 6.45) is -0.828. The molecule has 3 heterocycles. The van der Waals surface area contributed by atoms with E-state index < -0.39 is 12.1 Å². The second-order valence-electron chi connectivity index (χ2n) is 6.51. The zero-order chi connectivity index (χ0) is 19.5. The third-order valence-electron chi connectivity index (χ3n) is 4.59. The van der Waals surface area contributed by atoms with Gasteiger partial charge < -0.3 is 23.8 Å². The van der Waals surface area contributed by atoms with Crippen LogP contribution < -0.4 is 9.47 Å². The Hall–Kier alpha value is -2.58. The molecule has 28 heavy (non-hydrogen) atoms. The van der Waals surface area contributed by atoms with E-state index in [4.69, 9.17) is 18.9 Å². The highest BCUT2D eigenvalue weighted by molar-refractivity contribution is 7.17. The van der Waals surface area contributed by atoms with Gasteiger partial charge in [-0.15, -0.1) is 11.3 Å². The number of carbonyl (C=O) groups excluding carboxylic acids is 2. The third-order valence-corrected chi connectivity index (χ3v) is 5.70. The number of nitrogens with zero attached hydrogens (tertiary/aromatic N) is 1. The minimum absolute atomic E-state index is 0.194. The summed E-state index contributed by atoms with van der Waals surface area (Å²) in [5.41, 5.74) is 0.936. The number of thiophene rings is 1. The zero-order valence-electron chi connectivity index (χ0n) is 15.5. The molecule has 148 valence electrons. The molecule has 1 unspecified atom stereocenters. The summed E-state index contributed by atoms with van der Waals surface area (Å²) < 4.78 is 21.8. The van der Waals surface area contributed by atoms with Crippen molar-refractivity contribution in [2.24, 2.45) is 0 Å². The lowest BCUT2D eigenvalue weighted by molar-refractivity contribution is -0.143. The van der Waals surface area contributed by atoms with Crippen LogP contribution in [-0.2, 0) is 14.3 Å². The van der Waals surface area contributed by atoms with E-state index in [9.17, 15) is 9.59 Å². The van der Waals surface area contributed by atoms with Gasteiger partial charge in [-0.3, -0.25) is 4.79 Å². The van der Waals surface area contributed by atoms with Gasteiger partial charge in [0.15, 0.2) is 17.6 Å². The molecule has 7 nitrogen and oxygen atoms in total. The first-order valence-electron chi connectivity index (χ1n) is 9.19. The molecule has 1 saturated heterocycles. The Morgan fingerprint density at radius 1 is 1.04 bits per heavy atom. The molecule has 2 aliphatic heterocycles. The quantitative estimate of drug-likeness (QED) is 0.731. The first-order chi connectivity index (χ1) is 13.6. The summed E-state index contributed by atoms with van der Waals surface area (Å²) in [6.45, 7) is 4.73. The van der Waals surface area contributed by atoms with Crippen LogP contribution in [0.25, 0.3) is 10.4 Å². The van der Waals surface area contributed by atoms with Crippen molar-refractivity contribution >= 4 is 23.2 Å². The standard InChI is InChI=1S/C20H21NO6S/c1-13(19(22)21-6-8-24-9-7-21)27-20(23)18-5-4-17(28-18)14-2-3-15-16(12-14)26-11-10-25-15/h2-5,12-13H,6-11H2,1H3. The van der Waals surface area contributed by atoms with E-state index in [2.05, 4.69) is 0 Å². The number of rotatable bonds is 4. The summed E-state index contributed by atoms with van der Waals surface area (Å²) >= 11 is 1.32. The maximum Gasteiger partial charge on any atom is 0.349 e. The molecule has 2 aliphatic rings. The average Bonchev–Trinajstić information content (AvgIpc) is 3.24. The summed E-state index contributed by atoms with van der Waals surface area (Å²) in [6, 6.07) is 9.27. The number of hydrogen-bond acceptors (Lipinski definition) is 7. The van der Waals surface area contributed by atoms with Gasteiger partial charge in [0, 0.05) is 18.0 Å². The monoisotopic (exact) mass is 403 g/mol.